The number of rotatable bonds is 7. The molecule has 0 bridgehead atoms. The summed E-state index contributed by atoms with van der Waals surface area (Å²) in [5.74, 6) is -0.276. The summed E-state index contributed by atoms with van der Waals surface area (Å²) in [4.78, 5) is 23.4. The quantitative estimate of drug-likeness (QED) is 0.780. The van der Waals surface area contributed by atoms with Crippen molar-refractivity contribution in [3.63, 3.8) is 0 Å². The average molecular weight is 321 g/mol. The maximum Gasteiger partial charge on any atom is 0.326 e. The van der Waals surface area contributed by atoms with E-state index in [1.807, 2.05) is 0 Å². The number of fused-ring (bicyclic) bond motifs is 1. The van der Waals surface area contributed by atoms with Crippen molar-refractivity contribution in [3.05, 3.63) is 29.3 Å². The lowest BCUT2D eigenvalue weighted by Gasteiger charge is -2.20. The molecule has 0 aliphatic carbocycles. The van der Waals surface area contributed by atoms with Gasteiger partial charge in [0.15, 0.2) is 0 Å². The van der Waals surface area contributed by atoms with Crippen LogP contribution < -0.4 is 14.8 Å². The van der Waals surface area contributed by atoms with Crippen molar-refractivity contribution in [1.29, 1.82) is 0 Å². The van der Waals surface area contributed by atoms with E-state index in [-0.39, 0.29) is 19.6 Å². The summed E-state index contributed by atoms with van der Waals surface area (Å²) in [6.07, 6.45) is 1.86. The molecule has 1 heterocycles. The van der Waals surface area contributed by atoms with Crippen molar-refractivity contribution < 1.29 is 28.9 Å². The molecule has 0 saturated carbocycles. The Kier molecular flexibility index (Phi) is 5.59. The highest BCUT2D eigenvalue weighted by atomic mass is 16.5. The first-order chi connectivity index (χ1) is 11.0. The lowest BCUT2D eigenvalue weighted by atomic mass is 10.1. The number of benzene rings is 1. The van der Waals surface area contributed by atoms with Crippen LogP contribution in [0.25, 0.3) is 6.08 Å². The summed E-state index contributed by atoms with van der Waals surface area (Å²) in [6.45, 7) is 0.328. The van der Waals surface area contributed by atoms with E-state index in [1.165, 1.54) is 7.11 Å². The molecule has 124 valence electrons. The van der Waals surface area contributed by atoms with Gasteiger partial charge in [0.25, 0.3) is 5.91 Å². The summed E-state index contributed by atoms with van der Waals surface area (Å²) >= 11 is 0. The van der Waals surface area contributed by atoms with Crippen molar-refractivity contribution in [2.45, 2.75) is 12.5 Å². The molecule has 0 saturated heterocycles. The van der Waals surface area contributed by atoms with Crippen LogP contribution in [0.3, 0.4) is 0 Å². The van der Waals surface area contributed by atoms with Crippen LogP contribution in [-0.2, 0) is 14.3 Å². The Morgan fingerprint density at radius 2 is 2.17 bits per heavy atom. The number of carbonyl (C=O) groups is 2. The molecule has 1 amide bonds. The molecule has 1 aromatic rings. The molecule has 1 aliphatic heterocycles. The molecule has 2 N–H and O–H groups in total. The van der Waals surface area contributed by atoms with E-state index in [0.29, 0.717) is 22.6 Å². The van der Waals surface area contributed by atoms with Gasteiger partial charge < -0.3 is 24.6 Å². The van der Waals surface area contributed by atoms with Gasteiger partial charge in [-0.3, -0.25) is 4.79 Å². The third-order valence-corrected chi connectivity index (χ3v) is 3.44. The van der Waals surface area contributed by atoms with Crippen molar-refractivity contribution in [3.8, 4) is 11.5 Å². The molecule has 1 aliphatic rings. The lowest BCUT2D eigenvalue weighted by Crippen LogP contribution is -2.43. The Bertz CT molecular complexity index is 625. The Morgan fingerprint density at radius 3 is 2.83 bits per heavy atom. The van der Waals surface area contributed by atoms with Crippen LogP contribution in [0.1, 0.15) is 12.0 Å². The normalized spacial score (nSPS) is 14.1. The molecule has 0 fully saturated rings. The predicted molar refractivity (Wildman–Crippen MR) is 82.5 cm³/mol. The van der Waals surface area contributed by atoms with Crippen LogP contribution >= 0.6 is 0 Å². The van der Waals surface area contributed by atoms with Crippen molar-refractivity contribution in [2.75, 3.05) is 27.4 Å². The number of ether oxygens (including phenoxy) is 3. The molecule has 0 radical (unpaired) electrons. The molecule has 1 atom stereocenters. The second kappa shape index (κ2) is 7.64. The average Bonchev–Trinajstić information content (AvgIpc) is 2.56. The van der Waals surface area contributed by atoms with Crippen molar-refractivity contribution >= 4 is 18.0 Å². The number of amides is 1. The second-order valence-corrected chi connectivity index (χ2v) is 5.01. The summed E-state index contributed by atoms with van der Waals surface area (Å²) in [5, 5.41) is 11.6. The number of hydrogen-bond donors (Lipinski definition) is 2. The highest BCUT2D eigenvalue weighted by molar-refractivity contribution is 6.00. The molecule has 2 rings (SSSR count). The van der Waals surface area contributed by atoms with E-state index in [4.69, 9.17) is 19.3 Å². The van der Waals surface area contributed by atoms with Crippen LogP contribution in [0.5, 0.6) is 11.5 Å². The molecule has 0 spiro atoms. The number of carboxylic acids is 1. The Labute approximate surface area is 133 Å². The van der Waals surface area contributed by atoms with Gasteiger partial charge in [0.1, 0.15) is 24.1 Å². The zero-order valence-electron chi connectivity index (χ0n) is 13.0. The minimum Gasteiger partial charge on any atom is -0.497 e. The van der Waals surface area contributed by atoms with Gasteiger partial charge in [0, 0.05) is 25.7 Å². The fourth-order valence-corrected chi connectivity index (χ4v) is 2.16. The molecule has 0 aromatic heterocycles. The van der Waals surface area contributed by atoms with E-state index in [9.17, 15) is 9.59 Å². The number of hydrogen-bond acceptors (Lipinski definition) is 5. The summed E-state index contributed by atoms with van der Waals surface area (Å²) in [7, 11) is 3.03. The van der Waals surface area contributed by atoms with Gasteiger partial charge in [0.2, 0.25) is 0 Å². The summed E-state index contributed by atoms with van der Waals surface area (Å²) < 4.78 is 15.5. The number of methoxy groups -OCH3 is 2. The van der Waals surface area contributed by atoms with Gasteiger partial charge in [-0.25, -0.2) is 4.79 Å². The maximum absolute atomic E-state index is 12.2. The third kappa shape index (κ3) is 4.23. The Balaban J connectivity index is 2.12. The van der Waals surface area contributed by atoms with Gasteiger partial charge in [-0.05, 0) is 24.3 Å². The molecular weight excluding hydrogens is 302 g/mol. The molecule has 1 aromatic carbocycles. The number of nitrogens with one attached hydrogen (secondary N) is 1. The molecular formula is C16H19NO6. The fraction of sp³-hybridized carbons (Fsp3) is 0.375. The third-order valence-electron chi connectivity index (χ3n) is 3.44. The van der Waals surface area contributed by atoms with Crippen molar-refractivity contribution in [2.24, 2.45) is 0 Å². The molecule has 23 heavy (non-hydrogen) atoms. The number of carbonyl (C=O) groups excluding carboxylic acids is 1. The van der Waals surface area contributed by atoms with E-state index in [0.717, 1.165) is 0 Å². The van der Waals surface area contributed by atoms with E-state index in [1.54, 1.807) is 31.4 Å². The first-order valence-electron chi connectivity index (χ1n) is 7.09. The first kappa shape index (κ1) is 16.8. The lowest BCUT2D eigenvalue weighted by molar-refractivity contribution is -0.141. The van der Waals surface area contributed by atoms with Gasteiger partial charge >= 0.3 is 5.97 Å². The molecule has 7 heteroatoms. The number of carboxylic acid groups (broad SMARTS) is 1. The van der Waals surface area contributed by atoms with E-state index >= 15 is 0 Å². The highest BCUT2D eigenvalue weighted by Gasteiger charge is 2.23. The monoisotopic (exact) mass is 321 g/mol. The molecule has 7 nitrogen and oxygen atoms in total. The number of aliphatic carboxylic acids is 1. The van der Waals surface area contributed by atoms with Gasteiger partial charge in [-0.2, -0.15) is 0 Å². The standard InChI is InChI=1S/C16H19NO6/c1-21-6-5-13(16(19)20)17-15(18)11-7-10-8-12(22-2)3-4-14(10)23-9-11/h3-4,7-8,13H,5-6,9H2,1-2H3,(H,17,18)(H,19,20). The maximum atomic E-state index is 12.2. The van der Waals surface area contributed by atoms with Crippen molar-refractivity contribution in [1.82, 2.24) is 5.32 Å². The minimum atomic E-state index is -1.10. The minimum absolute atomic E-state index is 0.0851. The van der Waals surface area contributed by atoms with Crippen LogP contribution in [0.15, 0.2) is 23.8 Å². The molecule has 1 unspecified atom stereocenters. The SMILES string of the molecule is COCCC(NC(=O)C1=Cc2cc(OC)ccc2OC1)C(=O)O. The predicted octanol–water partition coefficient (Wildman–Crippen LogP) is 1.08. The Hall–Kier alpha value is -2.54. The first-order valence-corrected chi connectivity index (χ1v) is 7.09. The van der Waals surface area contributed by atoms with Crippen LogP contribution in [0, 0.1) is 0 Å². The Morgan fingerprint density at radius 1 is 1.39 bits per heavy atom. The largest absolute Gasteiger partial charge is 0.497 e. The highest BCUT2D eigenvalue weighted by Crippen LogP contribution is 2.29. The second-order valence-electron chi connectivity index (χ2n) is 5.01. The topological polar surface area (TPSA) is 94.1 Å². The smallest absolute Gasteiger partial charge is 0.326 e. The van der Waals surface area contributed by atoms with Gasteiger partial charge in [-0.1, -0.05) is 0 Å². The van der Waals surface area contributed by atoms with Gasteiger partial charge in [-0.15, -0.1) is 0 Å². The van der Waals surface area contributed by atoms with E-state index in [2.05, 4.69) is 5.32 Å². The zero-order chi connectivity index (χ0) is 16.8. The summed E-state index contributed by atoms with van der Waals surface area (Å²) in [6, 6.07) is 4.28. The van der Waals surface area contributed by atoms with Gasteiger partial charge in [0.05, 0.1) is 12.7 Å². The van der Waals surface area contributed by atoms with E-state index < -0.39 is 17.9 Å². The van der Waals surface area contributed by atoms with Crippen LogP contribution in [0.4, 0.5) is 0 Å². The summed E-state index contributed by atoms with van der Waals surface area (Å²) in [5.41, 5.74) is 1.07. The van der Waals surface area contributed by atoms with Crippen LogP contribution in [0.2, 0.25) is 0 Å². The van der Waals surface area contributed by atoms with Crippen LogP contribution in [-0.4, -0.2) is 50.5 Å². The zero-order valence-corrected chi connectivity index (χ0v) is 13.0. The fourth-order valence-electron chi connectivity index (χ4n) is 2.16.